The number of aliphatic hydroxyl groups is 2. The zero-order valence-electron chi connectivity index (χ0n) is 24.7. The van der Waals surface area contributed by atoms with Crippen molar-refractivity contribution >= 4 is 9.84 Å². The topological polar surface area (TPSA) is 99.5 Å². The number of nitrogens with zero attached hydrogens (tertiary/aromatic N) is 2. The molecule has 0 radical (unpaired) electrons. The number of rotatable bonds is 14. The summed E-state index contributed by atoms with van der Waals surface area (Å²) in [6.07, 6.45) is 11.1. The lowest BCUT2D eigenvalue weighted by Gasteiger charge is -2.32. The molecule has 9 heteroatoms. The Kier molecular flexibility index (Phi) is 11.9. The average Bonchev–Trinajstić information content (AvgIpc) is 3.00. The number of likely N-dealkylation sites (N-methyl/N-ethyl adjacent to an activating group) is 2. The van der Waals surface area contributed by atoms with Gasteiger partial charge in [-0.2, -0.15) is 0 Å². The van der Waals surface area contributed by atoms with Gasteiger partial charge >= 0.3 is 0 Å². The summed E-state index contributed by atoms with van der Waals surface area (Å²) >= 11 is 0. The first-order valence-corrected chi connectivity index (χ1v) is 16.7. The van der Waals surface area contributed by atoms with Crippen LogP contribution >= 0.6 is 0 Å². The van der Waals surface area contributed by atoms with Crippen molar-refractivity contribution in [1.82, 2.24) is 9.80 Å². The number of aliphatic hydroxyl groups excluding tert-OH is 2. The van der Waals surface area contributed by atoms with E-state index in [4.69, 9.17) is 9.47 Å². The van der Waals surface area contributed by atoms with E-state index < -0.39 is 22.0 Å². The fourth-order valence-corrected chi connectivity index (χ4v) is 7.32. The Morgan fingerprint density at radius 2 is 1.00 bits per heavy atom. The molecular weight excluding hydrogens is 540 g/mol. The van der Waals surface area contributed by atoms with Crippen LogP contribution in [0.3, 0.4) is 0 Å². The fourth-order valence-electron chi connectivity index (χ4n) is 6.06. The zero-order valence-corrected chi connectivity index (χ0v) is 25.5. The highest BCUT2D eigenvalue weighted by molar-refractivity contribution is 7.91. The molecule has 2 aromatic carbocycles. The van der Waals surface area contributed by atoms with Gasteiger partial charge in [-0.25, -0.2) is 8.42 Å². The van der Waals surface area contributed by atoms with Crippen molar-refractivity contribution < 1.29 is 28.1 Å². The van der Waals surface area contributed by atoms with Crippen LogP contribution < -0.4 is 9.47 Å². The van der Waals surface area contributed by atoms with E-state index in [1.54, 1.807) is 24.3 Å². The van der Waals surface area contributed by atoms with E-state index in [1.165, 1.54) is 88.5 Å². The van der Waals surface area contributed by atoms with Gasteiger partial charge in [-0.1, -0.05) is 38.5 Å². The van der Waals surface area contributed by atoms with Gasteiger partial charge in [0.1, 0.15) is 36.9 Å². The van der Waals surface area contributed by atoms with Gasteiger partial charge in [-0.05, 0) is 88.3 Å². The van der Waals surface area contributed by atoms with Crippen molar-refractivity contribution in [2.24, 2.45) is 0 Å². The van der Waals surface area contributed by atoms with Gasteiger partial charge in [0.15, 0.2) is 0 Å². The molecule has 4 rings (SSSR count). The first kappa shape index (κ1) is 31.8. The van der Waals surface area contributed by atoms with Gasteiger partial charge in [0.05, 0.1) is 9.79 Å². The third-order valence-electron chi connectivity index (χ3n) is 8.55. The third-order valence-corrected chi connectivity index (χ3v) is 10.3. The molecule has 2 N–H and O–H groups in total. The minimum atomic E-state index is -3.72. The van der Waals surface area contributed by atoms with Crippen molar-refractivity contribution in [3.8, 4) is 11.5 Å². The predicted molar refractivity (Wildman–Crippen MR) is 160 cm³/mol. The molecule has 2 saturated carbocycles. The molecule has 41 heavy (non-hydrogen) atoms. The first-order valence-electron chi connectivity index (χ1n) is 15.2. The number of sulfone groups is 1. The summed E-state index contributed by atoms with van der Waals surface area (Å²) in [5, 5.41) is 20.9. The third kappa shape index (κ3) is 9.41. The minimum Gasteiger partial charge on any atom is -0.491 e. The van der Waals surface area contributed by atoms with Gasteiger partial charge < -0.3 is 29.5 Å². The highest BCUT2D eigenvalue weighted by Gasteiger charge is 2.22. The molecule has 0 spiro atoms. The Morgan fingerprint density at radius 1 is 0.659 bits per heavy atom. The minimum absolute atomic E-state index is 0.149. The second-order valence-electron chi connectivity index (χ2n) is 11.8. The molecule has 2 aromatic rings. The van der Waals surface area contributed by atoms with E-state index in [0.29, 0.717) is 36.7 Å². The van der Waals surface area contributed by atoms with E-state index >= 15 is 0 Å². The molecular formula is C32H48N2O6S. The van der Waals surface area contributed by atoms with Crippen LogP contribution in [0, 0.1) is 0 Å². The van der Waals surface area contributed by atoms with Gasteiger partial charge in [0, 0.05) is 25.2 Å². The van der Waals surface area contributed by atoms with E-state index in [0.717, 1.165) is 0 Å². The lowest BCUT2D eigenvalue weighted by Crippen LogP contribution is -2.40. The standard InChI is InChI=1S/C32H48N2O6S/c1-33(25-9-5-3-6-10-25)21-27(35)23-39-29-13-17-31(18-14-29)41(37,38)32-19-15-30(16-20-32)40-24-28(36)22-34(2)26-11-7-4-8-12-26/h13-20,25-28,35-36H,3-12,21-24H2,1-2H3. The van der Waals surface area contributed by atoms with Crippen LogP contribution in [0.2, 0.25) is 0 Å². The van der Waals surface area contributed by atoms with E-state index in [-0.39, 0.29) is 23.0 Å². The highest BCUT2D eigenvalue weighted by Crippen LogP contribution is 2.26. The molecule has 0 amide bonds. The van der Waals surface area contributed by atoms with Crippen LogP contribution in [0.5, 0.6) is 11.5 Å². The van der Waals surface area contributed by atoms with Crippen molar-refractivity contribution in [1.29, 1.82) is 0 Å². The number of hydrogen-bond donors (Lipinski definition) is 2. The molecule has 2 atom stereocenters. The number of benzene rings is 2. The Labute approximate surface area is 246 Å². The molecule has 2 aliphatic carbocycles. The fraction of sp³-hybridized carbons (Fsp3) is 0.625. The van der Waals surface area contributed by atoms with E-state index in [2.05, 4.69) is 23.9 Å². The van der Waals surface area contributed by atoms with Crippen LogP contribution in [0.4, 0.5) is 0 Å². The van der Waals surface area contributed by atoms with Crippen molar-refractivity contribution in [3.05, 3.63) is 48.5 Å². The maximum atomic E-state index is 13.2. The molecule has 2 fully saturated rings. The summed E-state index contributed by atoms with van der Waals surface area (Å²) in [4.78, 5) is 4.77. The quantitative estimate of drug-likeness (QED) is 0.332. The van der Waals surface area contributed by atoms with E-state index in [9.17, 15) is 18.6 Å². The molecule has 0 aliphatic heterocycles. The zero-order chi connectivity index (χ0) is 29.2. The maximum absolute atomic E-state index is 13.2. The van der Waals surface area contributed by atoms with Crippen molar-refractivity contribution in [2.75, 3.05) is 40.4 Å². The number of hydrogen-bond acceptors (Lipinski definition) is 8. The van der Waals surface area contributed by atoms with Gasteiger partial charge in [0.2, 0.25) is 9.84 Å². The molecule has 0 saturated heterocycles. The Bertz CT molecular complexity index is 1060. The molecule has 228 valence electrons. The van der Waals surface area contributed by atoms with Crippen LogP contribution in [-0.2, 0) is 9.84 Å². The van der Waals surface area contributed by atoms with Crippen LogP contribution in [0.15, 0.2) is 58.3 Å². The average molecular weight is 589 g/mol. The van der Waals surface area contributed by atoms with Gasteiger partial charge in [-0.3, -0.25) is 0 Å². The van der Waals surface area contributed by atoms with E-state index in [1.807, 2.05) is 0 Å². The molecule has 0 aromatic heterocycles. The SMILES string of the molecule is CN(CC(O)COc1ccc(S(=O)(=O)c2ccc(OCC(O)CN(C)C3CCCCC3)cc2)cc1)C1CCCCC1. The summed E-state index contributed by atoms with van der Waals surface area (Å²) in [6.45, 7) is 1.40. The van der Waals surface area contributed by atoms with Crippen molar-refractivity contribution in [2.45, 2.75) is 98.3 Å². The van der Waals surface area contributed by atoms with Gasteiger partial charge in [0.25, 0.3) is 0 Å². The smallest absolute Gasteiger partial charge is 0.206 e. The molecule has 0 bridgehead atoms. The number of ether oxygens (including phenoxy) is 2. The maximum Gasteiger partial charge on any atom is 0.206 e. The Morgan fingerprint density at radius 3 is 1.34 bits per heavy atom. The summed E-state index contributed by atoms with van der Waals surface area (Å²) in [7, 11) is 0.393. The van der Waals surface area contributed by atoms with Crippen LogP contribution in [0.1, 0.15) is 64.2 Å². The summed E-state index contributed by atoms with van der Waals surface area (Å²) in [6, 6.07) is 13.6. The molecule has 2 aliphatic rings. The van der Waals surface area contributed by atoms with Crippen LogP contribution in [0.25, 0.3) is 0 Å². The summed E-state index contributed by atoms with van der Waals surface area (Å²) in [5.74, 6) is 1.03. The summed E-state index contributed by atoms with van der Waals surface area (Å²) < 4.78 is 37.8. The second-order valence-corrected chi connectivity index (χ2v) is 13.8. The van der Waals surface area contributed by atoms with Gasteiger partial charge in [-0.15, -0.1) is 0 Å². The monoisotopic (exact) mass is 588 g/mol. The normalized spacial score (nSPS) is 18.9. The lowest BCUT2D eigenvalue weighted by atomic mass is 9.94. The first-order chi connectivity index (χ1) is 19.7. The highest BCUT2D eigenvalue weighted by atomic mass is 32.2. The second kappa shape index (κ2) is 15.3. The Hall–Kier alpha value is -2.17. The molecule has 0 heterocycles. The lowest BCUT2D eigenvalue weighted by molar-refractivity contribution is 0.0561. The Balaban J connectivity index is 1.23. The molecule has 2 unspecified atom stereocenters. The molecule has 8 nitrogen and oxygen atoms in total. The summed E-state index contributed by atoms with van der Waals surface area (Å²) in [5.41, 5.74) is 0. The van der Waals surface area contributed by atoms with Crippen molar-refractivity contribution in [3.63, 3.8) is 0 Å². The van der Waals surface area contributed by atoms with Crippen LogP contribution in [-0.4, -0.2) is 93.1 Å². The predicted octanol–water partition coefficient (Wildman–Crippen LogP) is 4.53. The largest absolute Gasteiger partial charge is 0.491 e.